The third-order valence-corrected chi connectivity index (χ3v) is 1.60. The van der Waals surface area contributed by atoms with Gasteiger partial charge in [0.25, 0.3) is 0 Å². The standard InChI is InChI=1S/C5H8F2O4/c6-10-4-2-9-3(1-8)5(4)11-7/h3-5,8H,1-2H2/t3-,4+,5-/m1/s1. The predicted molar refractivity (Wildman–Crippen MR) is 28.8 cm³/mol. The summed E-state index contributed by atoms with van der Waals surface area (Å²) in [5.41, 5.74) is 0. The Morgan fingerprint density at radius 3 is 2.64 bits per heavy atom. The van der Waals surface area contributed by atoms with E-state index in [1.165, 1.54) is 0 Å². The lowest BCUT2D eigenvalue weighted by Gasteiger charge is -2.12. The van der Waals surface area contributed by atoms with Gasteiger partial charge >= 0.3 is 0 Å². The van der Waals surface area contributed by atoms with Crippen molar-refractivity contribution in [2.45, 2.75) is 18.3 Å². The van der Waals surface area contributed by atoms with Gasteiger partial charge in [-0.1, -0.05) is 0 Å². The molecule has 0 spiro atoms. The zero-order chi connectivity index (χ0) is 8.27. The van der Waals surface area contributed by atoms with Gasteiger partial charge in [-0.25, -0.2) is 0 Å². The van der Waals surface area contributed by atoms with Crippen LogP contribution >= 0.6 is 0 Å². The summed E-state index contributed by atoms with van der Waals surface area (Å²) in [5.74, 6) is 0. The highest BCUT2D eigenvalue weighted by molar-refractivity contribution is 4.83. The number of hydrogen-bond acceptors (Lipinski definition) is 4. The number of aliphatic hydroxyl groups is 1. The Kier molecular flexibility index (Phi) is 3.13. The molecule has 1 heterocycles. The Hall–Kier alpha value is -0.300. The van der Waals surface area contributed by atoms with Crippen molar-refractivity contribution in [1.29, 1.82) is 0 Å². The van der Waals surface area contributed by atoms with Gasteiger partial charge in [0.15, 0.2) is 12.2 Å². The highest BCUT2D eigenvalue weighted by Gasteiger charge is 2.40. The number of hydrogen-bond donors (Lipinski definition) is 1. The van der Waals surface area contributed by atoms with E-state index in [2.05, 4.69) is 9.88 Å². The fourth-order valence-electron chi connectivity index (χ4n) is 0.995. The Morgan fingerprint density at radius 2 is 2.18 bits per heavy atom. The average molecular weight is 170 g/mol. The number of ether oxygens (including phenoxy) is 1. The Bertz CT molecular complexity index is 111. The van der Waals surface area contributed by atoms with Gasteiger partial charge < -0.3 is 9.84 Å². The maximum atomic E-state index is 11.6. The molecule has 0 radical (unpaired) electrons. The van der Waals surface area contributed by atoms with Crippen molar-refractivity contribution in [3.05, 3.63) is 0 Å². The van der Waals surface area contributed by atoms with Crippen LogP contribution in [0.1, 0.15) is 0 Å². The molecule has 4 nitrogen and oxygen atoms in total. The zero-order valence-corrected chi connectivity index (χ0v) is 5.57. The van der Waals surface area contributed by atoms with Crippen LogP contribution < -0.4 is 0 Å². The van der Waals surface area contributed by atoms with E-state index >= 15 is 0 Å². The Balaban J connectivity index is 2.48. The molecule has 0 aromatic heterocycles. The van der Waals surface area contributed by atoms with Crippen LogP contribution in [0, 0.1) is 0 Å². The summed E-state index contributed by atoms with van der Waals surface area (Å²) in [6.07, 6.45) is -3.11. The minimum absolute atomic E-state index is 0.115. The molecule has 11 heavy (non-hydrogen) atoms. The summed E-state index contributed by atoms with van der Waals surface area (Å²) < 4.78 is 27.9. The normalized spacial score (nSPS) is 37.9. The van der Waals surface area contributed by atoms with Crippen LogP contribution in [0.5, 0.6) is 0 Å². The first-order chi connectivity index (χ1) is 5.33. The van der Waals surface area contributed by atoms with Crippen molar-refractivity contribution in [2.75, 3.05) is 13.2 Å². The maximum Gasteiger partial charge on any atom is 0.158 e. The van der Waals surface area contributed by atoms with E-state index in [0.717, 1.165) is 0 Å². The number of aliphatic hydroxyl groups excluding tert-OH is 1. The van der Waals surface area contributed by atoms with Crippen LogP contribution in [0.2, 0.25) is 0 Å². The first-order valence-electron chi connectivity index (χ1n) is 3.10. The second-order valence-electron chi connectivity index (χ2n) is 2.24. The first-order valence-corrected chi connectivity index (χ1v) is 3.10. The van der Waals surface area contributed by atoms with Crippen LogP contribution in [-0.2, 0) is 14.6 Å². The molecule has 1 N–H and O–H groups in total. The molecular formula is C5H8F2O4. The molecule has 0 aromatic rings. The summed E-state index contributed by atoms with van der Waals surface area (Å²) in [6.45, 7) is -0.537. The molecule has 1 rings (SSSR count). The van der Waals surface area contributed by atoms with Gasteiger partial charge in [0.05, 0.1) is 13.2 Å². The van der Waals surface area contributed by atoms with Crippen molar-refractivity contribution in [1.82, 2.24) is 0 Å². The summed E-state index contributed by atoms with van der Waals surface area (Å²) >= 11 is 0. The van der Waals surface area contributed by atoms with Gasteiger partial charge in [0.1, 0.15) is 6.10 Å². The molecule has 6 heteroatoms. The largest absolute Gasteiger partial charge is 0.394 e. The van der Waals surface area contributed by atoms with Gasteiger partial charge in [0, 0.05) is 0 Å². The summed E-state index contributed by atoms with van der Waals surface area (Å²) in [6, 6.07) is 0. The lowest BCUT2D eigenvalue weighted by Crippen LogP contribution is -2.33. The highest BCUT2D eigenvalue weighted by atomic mass is 19.3. The van der Waals surface area contributed by atoms with Gasteiger partial charge in [0.2, 0.25) is 0 Å². The van der Waals surface area contributed by atoms with E-state index < -0.39 is 24.9 Å². The second kappa shape index (κ2) is 3.91. The van der Waals surface area contributed by atoms with E-state index in [4.69, 9.17) is 9.84 Å². The monoisotopic (exact) mass is 170 g/mol. The van der Waals surface area contributed by atoms with Crippen molar-refractivity contribution < 1.29 is 28.8 Å². The van der Waals surface area contributed by atoms with Crippen molar-refractivity contribution in [2.24, 2.45) is 0 Å². The minimum atomic E-state index is -1.18. The van der Waals surface area contributed by atoms with Gasteiger partial charge in [-0.3, -0.25) is 0 Å². The van der Waals surface area contributed by atoms with E-state index in [1.807, 2.05) is 0 Å². The minimum Gasteiger partial charge on any atom is -0.394 e. The Labute approximate surface area is 61.5 Å². The van der Waals surface area contributed by atoms with Crippen molar-refractivity contribution >= 4 is 0 Å². The lowest BCUT2D eigenvalue weighted by atomic mass is 10.2. The van der Waals surface area contributed by atoms with Crippen LogP contribution in [-0.4, -0.2) is 36.6 Å². The number of halogens is 2. The molecule has 1 fully saturated rings. The van der Waals surface area contributed by atoms with Crippen molar-refractivity contribution in [3.63, 3.8) is 0 Å². The molecule has 0 aliphatic carbocycles. The van der Waals surface area contributed by atoms with E-state index in [0.29, 0.717) is 0 Å². The molecule has 0 unspecified atom stereocenters. The van der Waals surface area contributed by atoms with E-state index in [9.17, 15) is 9.05 Å². The SMILES string of the molecule is OC[C@H]1OC[C@H](OF)[C@@H]1OF. The quantitative estimate of drug-likeness (QED) is 0.643. The zero-order valence-electron chi connectivity index (χ0n) is 5.57. The fraction of sp³-hybridized carbons (Fsp3) is 1.00. The fourth-order valence-corrected chi connectivity index (χ4v) is 0.995. The predicted octanol–water partition coefficient (Wildman–Crippen LogP) is -0.0831. The van der Waals surface area contributed by atoms with Crippen LogP contribution in [0.25, 0.3) is 0 Å². The lowest BCUT2D eigenvalue weighted by molar-refractivity contribution is -0.261. The third-order valence-electron chi connectivity index (χ3n) is 1.60. The summed E-state index contributed by atoms with van der Waals surface area (Å²) in [7, 11) is 0. The molecule has 0 aromatic carbocycles. The molecule has 0 saturated carbocycles. The Morgan fingerprint density at radius 1 is 1.45 bits per heavy atom. The van der Waals surface area contributed by atoms with Crippen LogP contribution in [0.3, 0.4) is 0 Å². The topological polar surface area (TPSA) is 47.9 Å². The van der Waals surface area contributed by atoms with Crippen molar-refractivity contribution in [3.8, 4) is 0 Å². The molecule has 1 aliphatic rings. The maximum absolute atomic E-state index is 11.6. The summed E-state index contributed by atoms with van der Waals surface area (Å²) in [4.78, 5) is 6.71. The molecule has 1 aliphatic heterocycles. The summed E-state index contributed by atoms with van der Waals surface area (Å²) in [5, 5.41) is 8.53. The third kappa shape index (κ3) is 1.64. The van der Waals surface area contributed by atoms with E-state index in [1.54, 1.807) is 0 Å². The van der Waals surface area contributed by atoms with Crippen LogP contribution in [0.4, 0.5) is 9.05 Å². The molecule has 0 bridgehead atoms. The van der Waals surface area contributed by atoms with Gasteiger partial charge in [-0.05, 0) is 9.05 Å². The van der Waals surface area contributed by atoms with E-state index in [-0.39, 0.29) is 6.61 Å². The average Bonchev–Trinajstić information content (AvgIpc) is 2.45. The highest BCUT2D eigenvalue weighted by Crippen LogP contribution is 2.20. The smallest absolute Gasteiger partial charge is 0.158 e. The van der Waals surface area contributed by atoms with Gasteiger partial charge in [-0.2, -0.15) is 9.88 Å². The molecule has 0 amide bonds. The molecule has 3 atom stereocenters. The second-order valence-corrected chi connectivity index (χ2v) is 2.24. The molecule has 1 saturated heterocycles. The van der Waals surface area contributed by atoms with Crippen LogP contribution in [0.15, 0.2) is 0 Å². The molecule has 66 valence electrons. The first kappa shape index (κ1) is 8.79. The van der Waals surface area contributed by atoms with Gasteiger partial charge in [-0.15, -0.1) is 0 Å². The number of rotatable bonds is 3. The molecular weight excluding hydrogens is 162 g/mol.